The molecule has 0 aliphatic heterocycles. The number of hydrogen-bond donors (Lipinski definition) is 1. The highest BCUT2D eigenvalue weighted by Gasteiger charge is 2.22. The molecule has 158 valence electrons. The van der Waals surface area contributed by atoms with Gasteiger partial charge in [0.15, 0.2) is 11.5 Å². The Labute approximate surface area is 195 Å². The summed E-state index contributed by atoms with van der Waals surface area (Å²) in [4.78, 5) is 12.9. The SMILES string of the molecule is Cc1onc(C(=O)Nc2nn(Cc3ccc(Br)cc3)cc2Br)c1COc1ccccc1. The molecule has 9 heteroatoms. The maximum Gasteiger partial charge on any atom is 0.279 e. The molecule has 0 fully saturated rings. The number of aromatic nitrogens is 3. The molecular weight excluding hydrogens is 528 g/mol. The second-order valence-electron chi connectivity index (χ2n) is 6.77. The molecule has 2 heterocycles. The lowest BCUT2D eigenvalue weighted by Gasteiger charge is -2.06. The number of carbonyl (C=O) groups excluding carboxylic acids is 1. The highest BCUT2D eigenvalue weighted by Crippen LogP contribution is 2.23. The monoisotopic (exact) mass is 544 g/mol. The van der Waals surface area contributed by atoms with Crippen molar-refractivity contribution >= 4 is 43.6 Å². The summed E-state index contributed by atoms with van der Waals surface area (Å²) in [7, 11) is 0. The van der Waals surface area contributed by atoms with Gasteiger partial charge in [-0.05, 0) is 52.7 Å². The van der Waals surface area contributed by atoms with Gasteiger partial charge >= 0.3 is 0 Å². The zero-order chi connectivity index (χ0) is 21.8. The molecule has 0 saturated carbocycles. The number of carbonyl (C=O) groups is 1. The van der Waals surface area contributed by atoms with Crippen molar-refractivity contribution in [3.05, 3.63) is 92.3 Å². The minimum Gasteiger partial charge on any atom is -0.489 e. The number of anilines is 1. The lowest BCUT2D eigenvalue weighted by atomic mass is 10.2. The first-order valence-electron chi connectivity index (χ1n) is 9.41. The van der Waals surface area contributed by atoms with Crippen LogP contribution in [0.2, 0.25) is 0 Å². The maximum absolute atomic E-state index is 12.9. The number of rotatable bonds is 7. The zero-order valence-corrected chi connectivity index (χ0v) is 19.7. The number of nitrogens with zero attached hydrogens (tertiary/aromatic N) is 3. The molecule has 1 N–H and O–H groups in total. The van der Waals surface area contributed by atoms with Gasteiger partial charge in [-0.3, -0.25) is 9.48 Å². The van der Waals surface area contributed by atoms with Crippen molar-refractivity contribution in [1.82, 2.24) is 14.9 Å². The van der Waals surface area contributed by atoms with Crippen molar-refractivity contribution in [1.29, 1.82) is 0 Å². The Hall–Kier alpha value is -2.91. The summed E-state index contributed by atoms with van der Waals surface area (Å²) in [6, 6.07) is 17.3. The van der Waals surface area contributed by atoms with Crippen LogP contribution in [0.3, 0.4) is 0 Å². The van der Waals surface area contributed by atoms with E-state index in [0.29, 0.717) is 33.9 Å². The third-order valence-corrected chi connectivity index (χ3v) is 5.64. The van der Waals surface area contributed by atoms with Crippen molar-refractivity contribution in [3.63, 3.8) is 0 Å². The Balaban J connectivity index is 1.46. The number of hydrogen-bond acceptors (Lipinski definition) is 5. The number of para-hydroxylation sites is 1. The third kappa shape index (κ3) is 5.23. The molecule has 4 aromatic rings. The fourth-order valence-corrected chi connectivity index (χ4v) is 3.60. The van der Waals surface area contributed by atoms with Gasteiger partial charge in [0, 0.05) is 10.7 Å². The first-order valence-corrected chi connectivity index (χ1v) is 11.0. The standard InChI is InChI=1S/C22H18Br2N4O3/c1-14-18(13-30-17-5-3-2-4-6-17)20(27-31-14)22(29)25-21-19(24)12-28(26-21)11-15-7-9-16(23)10-8-15/h2-10,12H,11,13H2,1H3,(H,25,26,29). The van der Waals surface area contributed by atoms with Gasteiger partial charge in [0.1, 0.15) is 18.1 Å². The number of halogens is 2. The molecular formula is C22H18Br2N4O3. The van der Waals surface area contributed by atoms with Gasteiger partial charge in [-0.25, -0.2) is 0 Å². The Morgan fingerprint density at radius 3 is 2.61 bits per heavy atom. The van der Waals surface area contributed by atoms with Crippen molar-refractivity contribution in [2.45, 2.75) is 20.1 Å². The van der Waals surface area contributed by atoms with Gasteiger partial charge in [0.05, 0.1) is 16.6 Å². The fraction of sp³-hybridized carbons (Fsp3) is 0.136. The topological polar surface area (TPSA) is 82.2 Å². The number of benzene rings is 2. The summed E-state index contributed by atoms with van der Waals surface area (Å²) in [5.41, 5.74) is 1.85. The fourth-order valence-electron chi connectivity index (χ4n) is 2.92. The van der Waals surface area contributed by atoms with Crippen molar-refractivity contribution < 1.29 is 14.1 Å². The smallest absolute Gasteiger partial charge is 0.279 e. The van der Waals surface area contributed by atoms with E-state index in [1.165, 1.54) is 0 Å². The highest BCUT2D eigenvalue weighted by molar-refractivity contribution is 9.10. The maximum atomic E-state index is 12.9. The van der Waals surface area contributed by atoms with Gasteiger partial charge in [0.25, 0.3) is 5.91 Å². The van der Waals surface area contributed by atoms with Crippen LogP contribution in [-0.2, 0) is 13.2 Å². The molecule has 2 aromatic heterocycles. The Morgan fingerprint density at radius 1 is 1.13 bits per heavy atom. The van der Waals surface area contributed by atoms with Gasteiger partial charge in [0.2, 0.25) is 0 Å². The number of amides is 1. The summed E-state index contributed by atoms with van der Waals surface area (Å²) >= 11 is 6.88. The molecule has 4 rings (SSSR count). The van der Waals surface area contributed by atoms with Crippen LogP contribution >= 0.6 is 31.9 Å². The zero-order valence-electron chi connectivity index (χ0n) is 16.5. The van der Waals surface area contributed by atoms with E-state index in [9.17, 15) is 4.79 Å². The summed E-state index contributed by atoms with van der Waals surface area (Å²) in [5, 5.41) is 11.2. The third-order valence-electron chi connectivity index (χ3n) is 4.53. The number of nitrogens with one attached hydrogen (secondary N) is 1. The Morgan fingerprint density at radius 2 is 1.87 bits per heavy atom. The van der Waals surface area contributed by atoms with Gasteiger partial charge in [-0.15, -0.1) is 0 Å². The van der Waals surface area contributed by atoms with Crippen LogP contribution in [0.25, 0.3) is 0 Å². The highest BCUT2D eigenvalue weighted by atomic mass is 79.9. The van der Waals surface area contributed by atoms with E-state index in [4.69, 9.17) is 9.26 Å². The molecule has 0 aliphatic rings. The van der Waals surface area contributed by atoms with E-state index in [1.54, 1.807) is 11.6 Å². The molecule has 1 amide bonds. The van der Waals surface area contributed by atoms with E-state index in [2.05, 4.69) is 47.4 Å². The average Bonchev–Trinajstić information content (AvgIpc) is 3.30. The Kier molecular flexibility index (Phi) is 6.53. The molecule has 0 spiro atoms. The van der Waals surface area contributed by atoms with E-state index in [1.807, 2.05) is 60.8 Å². The minimum atomic E-state index is -0.418. The van der Waals surface area contributed by atoms with E-state index in [-0.39, 0.29) is 12.3 Å². The molecule has 0 unspecified atom stereocenters. The predicted molar refractivity (Wildman–Crippen MR) is 123 cm³/mol. The first-order chi connectivity index (χ1) is 15.0. The van der Waals surface area contributed by atoms with Crippen molar-refractivity contribution in [2.75, 3.05) is 5.32 Å². The molecule has 0 bridgehead atoms. The predicted octanol–water partition coefficient (Wildman–Crippen LogP) is 5.58. The average molecular weight is 546 g/mol. The van der Waals surface area contributed by atoms with Crippen LogP contribution in [0, 0.1) is 6.92 Å². The minimum absolute atomic E-state index is 0.168. The molecule has 0 saturated heterocycles. The largest absolute Gasteiger partial charge is 0.489 e. The van der Waals surface area contributed by atoms with Crippen LogP contribution in [0.1, 0.15) is 27.4 Å². The van der Waals surface area contributed by atoms with Crippen LogP contribution in [0.4, 0.5) is 5.82 Å². The molecule has 7 nitrogen and oxygen atoms in total. The van der Waals surface area contributed by atoms with E-state index >= 15 is 0 Å². The van der Waals surface area contributed by atoms with E-state index in [0.717, 1.165) is 10.0 Å². The number of ether oxygens (including phenoxy) is 1. The number of aryl methyl sites for hydroxylation is 1. The summed E-state index contributed by atoms with van der Waals surface area (Å²) < 4.78 is 14.4. The second-order valence-corrected chi connectivity index (χ2v) is 8.54. The van der Waals surface area contributed by atoms with Crippen LogP contribution in [0.5, 0.6) is 5.75 Å². The molecule has 0 aliphatic carbocycles. The lowest BCUT2D eigenvalue weighted by molar-refractivity contribution is 0.101. The van der Waals surface area contributed by atoms with Gasteiger partial charge in [-0.1, -0.05) is 51.4 Å². The van der Waals surface area contributed by atoms with Gasteiger partial charge < -0.3 is 14.6 Å². The lowest BCUT2D eigenvalue weighted by Crippen LogP contribution is -2.16. The van der Waals surface area contributed by atoms with Crippen LogP contribution < -0.4 is 10.1 Å². The Bertz CT molecular complexity index is 1190. The van der Waals surface area contributed by atoms with Crippen LogP contribution in [0.15, 0.2) is 74.3 Å². The molecule has 2 aromatic carbocycles. The van der Waals surface area contributed by atoms with Crippen molar-refractivity contribution in [2.24, 2.45) is 0 Å². The molecule has 31 heavy (non-hydrogen) atoms. The second kappa shape index (κ2) is 9.49. The first kappa shape index (κ1) is 21.3. The summed E-state index contributed by atoms with van der Waals surface area (Å²) in [6.07, 6.45) is 1.81. The summed E-state index contributed by atoms with van der Waals surface area (Å²) in [5.74, 6) is 1.21. The quantitative estimate of drug-likeness (QED) is 0.327. The van der Waals surface area contributed by atoms with Gasteiger partial charge in [-0.2, -0.15) is 5.10 Å². The normalized spacial score (nSPS) is 10.8. The van der Waals surface area contributed by atoms with Crippen LogP contribution in [-0.4, -0.2) is 20.8 Å². The molecule has 0 atom stereocenters. The summed E-state index contributed by atoms with van der Waals surface area (Å²) in [6.45, 7) is 2.48. The van der Waals surface area contributed by atoms with E-state index < -0.39 is 5.91 Å². The molecule has 0 radical (unpaired) electrons. The van der Waals surface area contributed by atoms with Crippen molar-refractivity contribution in [3.8, 4) is 5.75 Å².